The number of likely N-dealkylation sites (tertiary alicyclic amines) is 1. The molecule has 0 radical (unpaired) electrons. The smallest absolute Gasteiger partial charge is 0.410 e. The number of amides is 1. The van der Waals surface area contributed by atoms with Crippen molar-refractivity contribution in [3.63, 3.8) is 0 Å². The third-order valence-corrected chi connectivity index (χ3v) is 4.46. The molecule has 1 aliphatic heterocycles. The number of fused-ring (bicyclic) bond motifs is 1. The number of carbonyl (C=O) groups excluding carboxylic acids is 2. The topological polar surface area (TPSA) is 55.8 Å². The van der Waals surface area contributed by atoms with Crippen molar-refractivity contribution in [3.8, 4) is 0 Å². The highest BCUT2D eigenvalue weighted by atomic mass is 16.6. The molecule has 3 atom stereocenters. The van der Waals surface area contributed by atoms with E-state index in [0.29, 0.717) is 43.9 Å². The summed E-state index contributed by atoms with van der Waals surface area (Å²) in [6.07, 6.45) is 0.210. The Bertz CT molecular complexity index is 518. The number of carbonyl (C=O) groups is 2. The molecule has 1 aromatic rings. The van der Waals surface area contributed by atoms with Gasteiger partial charge in [-0.25, -0.2) is 4.79 Å². The minimum absolute atomic E-state index is 0.160. The van der Waals surface area contributed by atoms with Crippen LogP contribution in [0.2, 0.25) is 0 Å². The van der Waals surface area contributed by atoms with Gasteiger partial charge in [0.15, 0.2) is 0 Å². The molecule has 5 heteroatoms. The van der Waals surface area contributed by atoms with Crippen molar-refractivity contribution >= 4 is 12.1 Å². The summed E-state index contributed by atoms with van der Waals surface area (Å²) in [6.45, 7) is 1.69. The third-order valence-electron chi connectivity index (χ3n) is 4.46. The molecule has 1 amide bonds. The van der Waals surface area contributed by atoms with Crippen LogP contribution in [-0.4, -0.2) is 37.2 Å². The number of ether oxygens (including phenoxy) is 2. The van der Waals surface area contributed by atoms with Gasteiger partial charge in [-0.2, -0.15) is 0 Å². The van der Waals surface area contributed by atoms with E-state index >= 15 is 0 Å². The second-order valence-corrected chi connectivity index (χ2v) is 5.72. The molecule has 1 aliphatic carbocycles. The first-order valence-electron chi connectivity index (χ1n) is 7.21. The first-order chi connectivity index (χ1) is 10.2. The van der Waals surface area contributed by atoms with Gasteiger partial charge >= 0.3 is 12.1 Å². The van der Waals surface area contributed by atoms with E-state index < -0.39 is 0 Å². The maximum atomic E-state index is 12.0. The molecule has 2 aliphatic rings. The minimum Gasteiger partial charge on any atom is -0.469 e. The molecule has 112 valence electrons. The van der Waals surface area contributed by atoms with Gasteiger partial charge in [-0.05, 0) is 23.3 Å². The molecule has 1 heterocycles. The van der Waals surface area contributed by atoms with Crippen molar-refractivity contribution in [2.45, 2.75) is 13.0 Å². The average Bonchev–Trinajstić information content (AvgIpc) is 2.96. The molecular formula is C16H19NO4. The van der Waals surface area contributed by atoms with Crippen LogP contribution in [0.15, 0.2) is 30.3 Å². The molecule has 0 spiro atoms. The molecule has 21 heavy (non-hydrogen) atoms. The standard InChI is InChI=1S/C16H19NO4/c1-20-15(18)7-12-13-8-17(9-14(12)13)16(19)21-10-11-5-3-2-4-6-11/h2-6,12-14H,7-10H2,1H3/t12?,13-,14?/m0/s1. The predicted molar refractivity (Wildman–Crippen MR) is 75.3 cm³/mol. The molecule has 1 saturated heterocycles. The van der Waals surface area contributed by atoms with Crippen LogP contribution in [0.5, 0.6) is 0 Å². The second-order valence-electron chi connectivity index (χ2n) is 5.72. The number of rotatable bonds is 4. The van der Waals surface area contributed by atoms with Gasteiger partial charge in [-0.3, -0.25) is 4.79 Å². The largest absolute Gasteiger partial charge is 0.469 e. The van der Waals surface area contributed by atoms with Crippen LogP contribution in [0.4, 0.5) is 4.79 Å². The lowest BCUT2D eigenvalue weighted by Gasteiger charge is -2.19. The van der Waals surface area contributed by atoms with Crippen molar-refractivity contribution in [2.24, 2.45) is 17.8 Å². The van der Waals surface area contributed by atoms with Gasteiger partial charge < -0.3 is 14.4 Å². The van der Waals surface area contributed by atoms with Crippen molar-refractivity contribution in [2.75, 3.05) is 20.2 Å². The summed E-state index contributed by atoms with van der Waals surface area (Å²) in [7, 11) is 1.41. The quantitative estimate of drug-likeness (QED) is 0.796. The lowest BCUT2D eigenvalue weighted by Crippen LogP contribution is -2.32. The number of esters is 1. The number of piperidine rings is 1. The van der Waals surface area contributed by atoms with Crippen LogP contribution in [-0.2, 0) is 20.9 Å². The fourth-order valence-electron chi connectivity index (χ4n) is 3.19. The molecule has 3 rings (SSSR count). The summed E-state index contributed by atoms with van der Waals surface area (Å²) in [5.41, 5.74) is 0.985. The van der Waals surface area contributed by atoms with E-state index in [1.807, 2.05) is 30.3 Å². The molecule has 0 bridgehead atoms. The monoisotopic (exact) mass is 289 g/mol. The van der Waals surface area contributed by atoms with E-state index in [0.717, 1.165) is 5.56 Å². The highest BCUT2D eigenvalue weighted by Gasteiger charge is 2.57. The number of methoxy groups -OCH3 is 1. The summed E-state index contributed by atoms with van der Waals surface area (Å²) in [4.78, 5) is 25.0. The van der Waals surface area contributed by atoms with Crippen LogP contribution < -0.4 is 0 Å². The van der Waals surface area contributed by atoms with Crippen LogP contribution in [0, 0.1) is 17.8 Å². The lowest BCUT2D eigenvalue weighted by atomic mass is 10.2. The van der Waals surface area contributed by atoms with E-state index in [-0.39, 0.29) is 12.1 Å². The van der Waals surface area contributed by atoms with Gasteiger partial charge in [0.05, 0.1) is 7.11 Å². The van der Waals surface area contributed by atoms with Crippen molar-refractivity contribution in [1.82, 2.24) is 4.90 Å². The van der Waals surface area contributed by atoms with Crippen LogP contribution >= 0.6 is 0 Å². The Hall–Kier alpha value is -2.04. The van der Waals surface area contributed by atoms with E-state index in [1.165, 1.54) is 7.11 Å². The van der Waals surface area contributed by atoms with E-state index in [2.05, 4.69) is 4.74 Å². The van der Waals surface area contributed by atoms with Gasteiger partial charge in [-0.1, -0.05) is 30.3 Å². The number of benzene rings is 1. The first-order valence-corrected chi connectivity index (χ1v) is 7.21. The van der Waals surface area contributed by atoms with E-state index in [1.54, 1.807) is 4.90 Å². The molecule has 1 saturated carbocycles. The van der Waals surface area contributed by atoms with E-state index in [4.69, 9.17) is 4.74 Å². The third kappa shape index (κ3) is 3.01. The summed E-state index contributed by atoms with van der Waals surface area (Å²) >= 11 is 0. The number of hydrogen-bond donors (Lipinski definition) is 0. The van der Waals surface area contributed by atoms with Gasteiger partial charge in [0.1, 0.15) is 6.61 Å². The molecule has 2 unspecified atom stereocenters. The zero-order valence-electron chi connectivity index (χ0n) is 12.0. The fourth-order valence-corrected chi connectivity index (χ4v) is 3.19. The highest BCUT2D eigenvalue weighted by Crippen LogP contribution is 2.53. The minimum atomic E-state index is -0.261. The Kier molecular flexibility index (Phi) is 3.82. The maximum absolute atomic E-state index is 12.0. The first kappa shape index (κ1) is 13.9. The predicted octanol–water partition coefficient (Wildman–Crippen LogP) is 2.06. The summed E-state index contributed by atoms with van der Waals surface area (Å²) in [6, 6.07) is 9.64. The summed E-state index contributed by atoms with van der Waals surface area (Å²) in [5.74, 6) is 1.10. The fraction of sp³-hybridized carbons (Fsp3) is 0.500. The maximum Gasteiger partial charge on any atom is 0.410 e. The van der Waals surface area contributed by atoms with Gasteiger partial charge in [0, 0.05) is 19.5 Å². The number of hydrogen-bond acceptors (Lipinski definition) is 4. The Balaban J connectivity index is 1.42. The van der Waals surface area contributed by atoms with Crippen LogP contribution in [0.1, 0.15) is 12.0 Å². The second kappa shape index (κ2) is 5.76. The average molecular weight is 289 g/mol. The molecule has 5 nitrogen and oxygen atoms in total. The zero-order chi connectivity index (χ0) is 14.8. The Morgan fingerprint density at radius 3 is 2.48 bits per heavy atom. The molecule has 0 N–H and O–H groups in total. The molecular weight excluding hydrogens is 270 g/mol. The Labute approximate surface area is 123 Å². The van der Waals surface area contributed by atoms with Gasteiger partial charge in [-0.15, -0.1) is 0 Å². The molecule has 0 aromatic heterocycles. The van der Waals surface area contributed by atoms with Crippen molar-refractivity contribution in [3.05, 3.63) is 35.9 Å². The van der Waals surface area contributed by atoms with Gasteiger partial charge in [0.25, 0.3) is 0 Å². The number of nitrogens with zero attached hydrogens (tertiary/aromatic N) is 1. The van der Waals surface area contributed by atoms with Crippen molar-refractivity contribution in [1.29, 1.82) is 0 Å². The van der Waals surface area contributed by atoms with E-state index in [9.17, 15) is 9.59 Å². The van der Waals surface area contributed by atoms with Crippen LogP contribution in [0.3, 0.4) is 0 Å². The highest BCUT2D eigenvalue weighted by molar-refractivity contribution is 5.71. The van der Waals surface area contributed by atoms with Crippen molar-refractivity contribution < 1.29 is 19.1 Å². The summed E-state index contributed by atoms with van der Waals surface area (Å²) < 4.78 is 10.00. The van der Waals surface area contributed by atoms with Gasteiger partial charge in [0.2, 0.25) is 0 Å². The zero-order valence-corrected chi connectivity index (χ0v) is 12.0. The molecule has 2 fully saturated rings. The Morgan fingerprint density at radius 1 is 1.19 bits per heavy atom. The lowest BCUT2D eigenvalue weighted by molar-refractivity contribution is -0.141. The normalized spacial score (nSPS) is 26.1. The Morgan fingerprint density at radius 2 is 1.86 bits per heavy atom. The summed E-state index contributed by atoms with van der Waals surface area (Å²) in [5, 5.41) is 0. The SMILES string of the molecule is COC(=O)CC1C2CN(C(=O)OCc3ccccc3)C[C@@H]12. The molecule has 1 aromatic carbocycles. The van der Waals surface area contributed by atoms with Crippen LogP contribution in [0.25, 0.3) is 0 Å².